The molecule has 0 aromatic heterocycles. The van der Waals surface area contributed by atoms with Crippen molar-refractivity contribution in [1.29, 1.82) is 0 Å². The van der Waals surface area contributed by atoms with E-state index >= 15 is 0 Å². The molecule has 0 heterocycles. The van der Waals surface area contributed by atoms with E-state index in [1.807, 2.05) is 36.4 Å². The predicted molar refractivity (Wildman–Crippen MR) is 149 cm³/mol. The van der Waals surface area contributed by atoms with Crippen molar-refractivity contribution in [2.75, 3.05) is 0 Å². The maximum Gasteiger partial charge on any atom is 0.338 e. The number of ether oxygens (including phenoxy) is 1. The summed E-state index contributed by atoms with van der Waals surface area (Å²) in [7, 11) is 0. The Morgan fingerprint density at radius 3 is 2.46 bits per heavy atom. The Morgan fingerprint density at radius 1 is 0.973 bits per heavy atom. The summed E-state index contributed by atoms with van der Waals surface area (Å²) in [5, 5.41) is 0. The molecule has 0 spiro atoms. The lowest BCUT2D eigenvalue weighted by atomic mass is 9.46. The van der Waals surface area contributed by atoms with Gasteiger partial charge in [0.15, 0.2) is 5.78 Å². The van der Waals surface area contributed by atoms with Crippen LogP contribution in [0.15, 0.2) is 42.0 Å². The van der Waals surface area contributed by atoms with Gasteiger partial charge < -0.3 is 4.74 Å². The molecule has 202 valence electrons. The van der Waals surface area contributed by atoms with E-state index in [2.05, 4.69) is 34.6 Å². The molecule has 0 saturated heterocycles. The maximum atomic E-state index is 13.8. The third-order valence-electron chi connectivity index (χ3n) is 11.4. The topological polar surface area (TPSA) is 43.4 Å². The van der Waals surface area contributed by atoms with Gasteiger partial charge >= 0.3 is 5.97 Å². The second kappa shape index (κ2) is 10.3. The van der Waals surface area contributed by atoms with Crippen molar-refractivity contribution >= 4 is 11.8 Å². The molecule has 3 nitrogen and oxygen atoms in total. The van der Waals surface area contributed by atoms with Gasteiger partial charge in [0, 0.05) is 12.3 Å². The van der Waals surface area contributed by atoms with Crippen molar-refractivity contribution < 1.29 is 14.3 Å². The molecule has 37 heavy (non-hydrogen) atoms. The molecule has 0 amide bonds. The van der Waals surface area contributed by atoms with Crippen LogP contribution in [0, 0.1) is 46.3 Å². The Kier molecular flexibility index (Phi) is 7.46. The molecule has 0 aliphatic heterocycles. The van der Waals surface area contributed by atoms with Crippen molar-refractivity contribution in [2.45, 2.75) is 105 Å². The van der Waals surface area contributed by atoms with Gasteiger partial charge in [0.1, 0.15) is 6.10 Å². The molecule has 3 saturated carbocycles. The van der Waals surface area contributed by atoms with Gasteiger partial charge in [0.25, 0.3) is 0 Å². The van der Waals surface area contributed by atoms with Crippen molar-refractivity contribution in [3.05, 3.63) is 47.5 Å². The molecule has 1 unspecified atom stereocenters. The average Bonchev–Trinajstić information content (AvgIpc) is 3.22. The van der Waals surface area contributed by atoms with Crippen LogP contribution in [-0.2, 0) is 9.53 Å². The minimum atomic E-state index is -0.247. The smallest absolute Gasteiger partial charge is 0.338 e. The lowest BCUT2D eigenvalue weighted by molar-refractivity contribution is -0.135. The second-order valence-corrected chi connectivity index (χ2v) is 13.9. The molecule has 5 rings (SSSR count). The number of allylic oxidation sites excluding steroid dienone is 1. The number of carbonyl (C=O) groups is 2. The first-order valence-corrected chi connectivity index (χ1v) is 15.1. The molecule has 0 radical (unpaired) electrons. The maximum absolute atomic E-state index is 13.8. The van der Waals surface area contributed by atoms with E-state index in [0.29, 0.717) is 35.0 Å². The normalized spacial score (nSPS) is 37.8. The van der Waals surface area contributed by atoms with E-state index in [9.17, 15) is 9.59 Å². The zero-order valence-corrected chi connectivity index (χ0v) is 23.8. The Labute approximate surface area is 224 Å². The van der Waals surface area contributed by atoms with Crippen LogP contribution in [-0.4, -0.2) is 17.9 Å². The van der Waals surface area contributed by atoms with E-state index in [0.717, 1.165) is 30.6 Å². The fraction of sp³-hybridized carbons (Fsp3) is 0.706. The Morgan fingerprint density at radius 2 is 1.73 bits per heavy atom. The SMILES string of the molecule is CC(C)CCC[C@@H](C)C1CC[C@@H]2[C@H]3C(=O)C=C4C[C@H](OC(=O)c5ccccc5)CC[C@@]4(C)[C@@H]3CC[C@@]12C. The highest BCUT2D eigenvalue weighted by atomic mass is 16.5. The third-order valence-corrected chi connectivity index (χ3v) is 11.4. The van der Waals surface area contributed by atoms with Gasteiger partial charge in [-0.1, -0.05) is 77.7 Å². The fourth-order valence-corrected chi connectivity index (χ4v) is 9.29. The highest BCUT2D eigenvalue weighted by Crippen LogP contribution is 2.66. The molecule has 4 aliphatic rings. The summed E-state index contributed by atoms with van der Waals surface area (Å²) < 4.78 is 5.92. The quantitative estimate of drug-likeness (QED) is 0.350. The summed E-state index contributed by atoms with van der Waals surface area (Å²) in [5.74, 6) is 3.57. The second-order valence-electron chi connectivity index (χ2n) is 13.9. The van der Waals surface area contributed by atoms with Crippen molar-refractivity contribution in [1.82, 2.24) is 0 Å². The van der Waals surface area contributed by atoms with Gasteiger partial charge in [-0.25, -0.2) is 4.79 Å². The number of hydrogen-bond donors (Lipinski definition) is 0. The number of carbonyl (C=O) groups excluding carboxylic acids is 2. The summed E-state index contributed by atoms with van der Waals surface area (Å²) >= 11 is 0. The number of hydrogen-bond acceptors (Lipinski definition) is 3. The van der Waals surface area contributed by atoms with Crippen LogP contribution < -0.4 is 0 Å². The zero-order chi connectivity index (χ0) is 26.4. The van der Waals surface area contributed by atoms with Crippen LogP contribution in [0.5, 0.6) is 0 Å². The van der Waals surface area contributed by atoms with Crippen molar-refractivity contribution in [3.8, 4) is 0 Å². The van der Waals surface area contributed by atoms with Gasteiger partial charge in [-0.05, 0) is 97.2 Å². The van der Waals surface area contributed by atoms with E-state index in [1.165, 1.54) is 50.5 Å². The van der Waals surface area contributed by atoms with Gasteiger partial charge in [0.05, 0.1) is 5.56 Å². The summed E-state index contributed by atoms with van der Waals surface area (Å²) in [6, 6.07) is 9.26. The highest BCUT2D eigenvalue weighted by molar-refractivity contribution is 5.94. The molecular weight excluding hydrogens is 456 g/mol. The molecule has 8 atom stereocenters. The molecule has 0 bridgehead atoms. The number of benzene rings is 1. The first kappa shape index (κ1) is 26.7. The van der Waals surface area contributed by atoms with Crippen LogP contribution in [0.4, 0.5) is 0 Å². The zero-order valence-electron chi connectivity index (χ0n) is 23.8. The van der Waals surface area contributed by atoms with Crippen molar-refractivity contribution in [2.24, 2.45) is 46.3 Å². The lowest BCUT2D eigenvalue weighted by Crippen LogP contribution is -2.53. The molecule has 3 fully saturated rings. The minimum Gasteiger partial charge on any atom is -0.458 e. The average molecular weight is 505 g/mol. The summed E-state index contributed by atoms with van der Waals surface area (Å²) in [6.45, 7) is 12.1. The molecule has 3 heteroatoms. The predicted octanol–water partition coefficient (Wildman–Crippen LogP) is 8.43. The first-order valence-electron chi connectivity index (χ1n) is 15.1. The van der Waals surface area contributed by atoms with Crippen LogP contribution in [0.2, 0.25) is 0 Å². The third kappa shape index (κ3) is 4.85. The summed E-state index contributed by atoms with van der Waals surface area (Å²) in [6.07, 6.45) is 13.4. The summed E-state index contributed by atoms with van der Waals surface area (Å²) in [4.78, 5) is 26.5. The van der Waals surface area contributed by atoms with E-state index in [1.54, 1.807) is 0 Å². The molecule has 1 aromatic rings. The Hall–Kier alpha value is -1.90. The number of rotatable bonds is 7. The lowest BCUT2D eigenvalue weighted by Gasteiger charge is -2.57. The van der Waals surface area contributed by atoms with Crippen LogP contribution >= 0.6 is 0 Å². The minimum absolute atomic E-state index is 0.0660. The molecule has 0 N–H and O–H groups in total. The van der Waals surface area contributed by atoms with Gasteiger partial charge in [0.2, 0.25) is 0 Å². The molecule has 4 aliphatic carbocycles. The monoisotopic (exact) mass is 504 g/mol. The van der Waals surface area contributed by atoms with Gasteiger partial charge in [-0.15, -0.1) is 0 Å². The Bertz CT molecular complexity index is 1020. The summed E-state index contributed by atoms with van der Waals surface area (Å²) in [5.41, 5.74) is 2.22. The van der Waals surface area contributed by atoms with E-state index in [-0.39, 0.29) is 23.4 Å². The van der Waals surface area contributed by atoms with Crippen LogP contribution in [0.1, 0.15) is 109 Å². The highest BCUT2D eigenvalue weighted by Gasteiger charge is 2.61. The number of ketones is 1. The number of esters is 1. The molecular formula is C34H48O3. The first-order chi connectivity index (χ1) is 17.6. The van der Waals surface area contributed by atoms with E-state index < -0.39 is 0 Å². The standard InChI is InChI=1S/C34H48O3/c1-22(2)10-9-11-23(3)27-14-15-28-31-29(17-19-34(27,28)5)33(4)18-16-26(20-25(33)21-30(31)35)37-32(36)24-12-7-6-8-13-24/h6-8,12-13,21-23,26-29,31H,9-11,14-20H2,1-5H3/t23-,26-,27?,28-,29-,31-,33-,34+/m1/s1. The largest absolute Gasteiger partial charge is 0.458 e. The fourth-order valence-electron chi connectivity index (χ4n) is 9.29. The molecule has 1 aromatic carbocycles. The van der Waals surface area contributed by atoms with Gasteiger partial charge in [-0.2, -0.15) is 0 Å². The van der Waals surface area contributed by atoms with Crippen LogP contribution in [0.3, 0.4) is 0 Å². The van der Waals surface area contributed by atoms with Gasteiger partial charge in [-0.3, -0.25) is 4.79 Å². The van der Waals surface area contributed by atoms with Crippen molar-refractivity contribution in [3.63, 3.8) is 0 Å². The Balaban J connectivity index is 1.30. The van der Waals surface area contributed by atoms with Crippen LogP contribution in [0.25, 0.3) is 0 Å². The van der Waals surface area contributed by atoms with E-state index in [4.69, 9.17) is 4.74 Å². The number of fused-ring (bicyclic) bond motifs is 5.